The molecule has 0 saturated carbocycles. The summed E-state index contributed by atoms with van der Waals surface area (Å²) in [6, 6.07) is 11.2. The Bertz CT molecular complexity index is 1120. The number of nitrogens with zero attached hydrogens (tertiary/aromatic N) is 6. The van der Waals surface area contributed by atoms with Gasteiger partial charge in [0, 0.05) is 24.4 Å². The Kier molecular flexibility index (Phi) is 4.29. The first-order valence-corrected chi connectivity index (χ1v) is 8.31. The lowest BCUT2D eigenvalue weighted by atomic mass is 10.1. The maximum absolute atomic E-state index is 11.7. The van der Waals surface area contributed by atoms with E-state index in [4.69, 9.17) is 4.74 Å². The van der Waals surface area contributed by atoms with Crippen molar-refractivity contribution < 1.29 is 9.53 Å². The van der Waals surface area contributed by atoms with Gasteiger partial charge >= 0.3 is 5.97 Å². The van der Waals surface area contributed by atoms with Crippen molar-refractivity contribution >= 4 is 11.6 Å². The van der Waals surface area contributed by atoms with Crippen LogP contribution in [0.15, 0.2) is 48.8 Å². The molecule has 4 aromatic rings. The molecule has 134 valence electrons. The normalized spacial score (nSPS) is 10.9. The minimum atomic E-state index is -0.505. The maximum Gasteiger partial charge on any atom is 0.358 e. The number of methoxy groups -OCH3 is 1. The second-order valence-corrected chi connectivity index (χ2v) is 6.06. The van der Waals surface area contributed by atoms with E-state index in [2.05, 4.69) is 25.3 Å². The second-order valence-electron chi connectivity index (χ2n) is 6.06. The molecule has 0 radical (unpaired) electrons. The van der Waals surface area contributed by atoms with E-state index in [0.717, 1.165) is 16.7 Å². The van der Waals surface area contributed by atoms with Crippen LogP contribution in [0.2, 0.25) is 0 Å². The quantitative estimate of drug-likeness (QED) is 0.515. The highest BCUT2D eigenvalue weighted by Crippen LogP contribution is 2.18. The van der Waals surface area contributed by atoms with Crippen LogP contribution in [0.4, 0.5) is 0 Å². The van der Waals surface area contributed by atoms with Gasteiger partial charge in [-0.15, -0.1) is 10.2 Å². The van der Waals surface area contributed by atoms with Crippen molar-refractivity contribution in [2.24, 2.45) is 0 Å². The molecule has 8 nitrogen and oxygen atoms in total. The third kappa shape index (κ3) is 3.37. The average molecular weight is 360 g/mol. The lowest BCUT2D eigenvalue weighted by Crippen LogP contribution is -2.09. The molecule has 3 heterocycles. The summed E-state index contributed by atoms with van der Waals surface area (Å²) in [6.07, 6.45) is 4.08. The zero-order chi connectivity index (χ0) is 18.8. The third-order valence-electron chi connectivity index (χ3n) is 4.05. The van der Waals surface area contributed by atoms with E-state index in [1.807, 2.05) is 31.2 Å². The van der Waals surface area contributed by atoms with Gasteiger partial charge in [-0.2, -0.15) is 9.61 Å². The molecule has 0 saturated heterocycles. The molecule has 0 aliphatic heterocycles. The zero-order valence-corrected chi connectivity index (χ0v) is 14.8. The molecule has 8 heteroatoms. The molecule has 0 fully saturated rings. The van der Waals surface area contributed by atoms with Crippen LogP contribution in [-0.2, 0) is 11.2 Å². The smallest absolute Gasteiger partial charge is 0.358 e. The molecule has 0 aliphatic rings. The van der Waals surface area contributed by atoms with Gasteiger partial charge in [0.2, 0.25) is 0 Å². The van der Waals surface area contributed by atoms with Gasteiger partial charge in [0.05, 0.1) is 7.11 Å². The molecule has 0 unspecified atom stereocenters. The number of esters is 1. The lowest BCUT2D eigenvalue weighted by molar-refractivity contribution is 0.0592. The number of hydrogen-bond donors (Lipinski definition) is 0. The van der Waals surface area contributed by atoms with Crippen LogP contribution in [0.1, 0.15) is 27.4 Å². The van der Waals surface area contributed by atoms with Crippen LogP contribution in [0.3, 0.4) is 0 Å². The Labute approximate surface area is 154 Å². The van der Waals surface area contributed by atoms with Gasteiger partial charge in [0.25, 0.3) is 0 Å². The number of carbonyl (C=O) groups is 1. The van der Waals surface area contributed by atoms with Gasteiger partial charge < -0.3 is 4.74 Å². The number of hydrogen-bond acceptors (Lipinski definition) is 7. The molecule has 0 amide bonds. The fourth-order valence-electron chi connectivity index (χ4n) is 2.70. The predicted molar refractivity (Wildman–Crippen MR) is 97.1 cm³/mol. The molecule has 0 N–H and O–H groups in total. The van der Waals surface area contributed by atoms with Gasteiger partial charge in [-0.25, -0.2) is 14.8 Å². The van der Waals surface area contributed by atoms with E-state index in [9.17, 15) is 4.79 Å². The average Bonchev–Trinajstić information content (AvgIpc) is 3.10. The van der Waals surface area contributed by atoms with E-state index in [0.29, 0.717) is 23.7 Å². The molecule has 3 aromatic heterocycles. The first kappa shape index (κ1) is 16.8. The highest BCUT2D eigenvalue weighted by molar-refractivity contribution is 5.87. The van der Waals surface area contributed by atoms with Gasteiger partial charge in [0.15, 0.2) is 23.0 Å². The third-order valence-corrected chi connectivity index (χ3v) is 4.05. The highest BCUT2D eigenvalue weighted by Gasteiger charge is 2.13. The van der Waals surface area contributed by atoms with Gasteiger partial charge in [-0.3, -0.25) is 0 Å². The molecular formula is C19H16N6O2. The summed E-state index contributed by atoms with van der Waals surface area (Å²) >= 11 is 0. The van der Waals surface area contributed by atoms with Crippen LogP contribution in [0.5, 0.6) is 0 Å². The molecule has 27 heavy (non-hydrogen) atoms. The molecular weight excluding hydrogens is 344 g/mol. The van der Waals surface area contributed by atoms with Crippen molar-refractivity contribution in [3.05, 3.63) is 71.4 Å². The number of benzene rings is 1. The number of ether oxygens (including phenoxy) is 1. The number of fused-ring (bicyclic) bond motifs is 1. The number of aromatic nitrogens is 6. The number of carbonyl (C=O) groups excluding carboxylic acids is 1. The monoisotopic (exact) mass is 360 g/mol. The fourth-order valence-corrected chi connectivity index (χ4v) is 2.70. The summed E-state index contributed by atoms with van der Waals surface area (Å²) in [7, 11) is 1.32. The Morgan fingerprint density at radius 1 is 1.11 bits per heavy atom. The van der Waals surface area contributed by atoms with E-state index in [1.54, 1.807) is 29.0 Å². The van der Waals surface area contributed by atoms with Crippen molar-refractivity contribution in [1.29, 1.82) is 0 Å². The molecule has 0 bridgehead atoms. The van der Waals surface area contributed by atoms with Gasteiger partial charge in [-0.1, -0.05) is 18.2 Å². The maximum atomic E-state index is 11.7. The summed E-state index contributed by atoms with van der Waals surface area (Å²) in [4.78, 5) is 20.5. The van der Waals surface area contributed by atoms with Crippen molar-refractivity contribution in [2.75, 3.05) is 7.11 Å². The summed E-state index contributed by atoms with van der Waals surface area (Å²) < 4.78 is 6.28. The molecule has 0 atom stereocenters. The Morgan fingerprint density at radius 2 is 1.93 bits per heavy atom. The topological polar surface area (TPSA) is 95.2 Å². The first-order chi connectivity index (χ1) is 13.1. The van der Waals surface area contributed by atoms with Crippen LogP contribution < -0.4 is 0 Å². The fraction of sp³-hybridized carbons (Fsp3) is 0.158. The highest BCUT2D eigenvalue weighted by atomic mass is 16.5. The van der Waals surface area contributed by atoms with Crippen molar-refractivity contribution in [1.82, 2.24) is 29.8 Å². The van der Waals surface area contributed by atoms with Crippen molar-refractivity contribution in [3.63, 3.8) is 0 Å². The van der Waals surface area contributed by atoms with Gasteiger partial charge in [-0.05, 0) is 36.2 Å². The van der Waals surface area contributed by atoms with Crippen LogP contribution in [-0.4, -0.2) is 42.9 Å². The summed E-state index contributed by atoms with van der Waals surface area (Å²) in [5.41, 5.74) is 3.71. The minimum Gasteiger partial charge on any atom is -0.464 e. The van der Waals surface area contributed by atoms with Crippen LogP contribution in [0.25, 0.3) is 17.0 Å². The molecule has 4 rings (SSSR count). The Morgan fingerprint density at radius 3 is 2.70 bits per heavy atom. The van der Waals surface area contributed by atoms with Crippen LogP contribution in [0, 0.1) is 6.92 Å². The molecule has 1 aromatic carbocycles. The van der Waals surface area contributed by atoms with Crippen LogP contribution >= 0.6 is 0 Å². The Hall–Kier alpha value is -3.68. The van der Waals surface area contributed by atoms with E-state index in [-0.39, 0.29) is 5.69 Å². The Balaban J connectivity index is 1.67. The van der Waals surface area contributed by atoms with E-state index in [1.165, 1.54) is 7.11 Å². The zero-order valence-electron chi connectivity index (χ0n) is 14.8. The first-order valence-electron chi connectivity index (χ1n) is 8.31. The van der Waals surface area contributed by atoms with E-state index >= 15 is 0 Å². The second kappa shape index (κ2) is 6.91. The van der Waals surface area contributed by atoms with Crippen molar-refractivity contribution in [2.45, 2.75) is 13.3 Å². The molecule has 0 aliphatic carbocycles. The van der Waals surface area contributed by atoms with Gasteiger partial charge in [0.1, 0.15) is 0 Å². The number of aryl methyl sites for hydroxylation is 1. The molecule has 0 spiro atoms. The largest absolute Gasteiger partial charge is 0.464 e. The summed E-state index contributed by atoms with van der Waals surface area (Å²) in [6.45, 7) is 1.95. The predicted octanol–water partition coefficient (Wildman–Crippen LogP) is 2.27. The summed E-state index contributed by atoms with van der Waals surface area (Å²) in [5.74, 6) is 0.785. The SMILES string of the molecule is COC(=O)c1ccc2nnc(Cc3cccc(-c4ncc(C)cn4)c3)n2n1. The standard InChI is InChI=1S/C19H16N6O2/c1-12-10-20-18(21-11-12)14-5-3-4-13(8-14)9-17-23-22-16-7-6-15(19(26)27-2)24-25(16)17/h3-8,10-11H,9H2,1-2H3. The van der Waals surface area contributed by atoms with Crippen molar-refractivity contribution in [3.8, 4) is 11.4 Å². The summed E-state index contributed by atoms with van der Waals surface area (Å²) in [5, 5.41) is 12.6. The minimum absolute atomic E-state index is 0.202. The van der Waals surface area contributed by atoms with E-state index < -0.39 is 5.97 Å². The lowest BCUT2D eigenvalue weighted by Gasteiger charge is -2.05. The number of rotatable bonds is 4.